The highest BCUT2D eigenvalue weighted by atomic mass is 19.1. The first-order valence-electron chi connectivity index (χ1n) is 6.86. The third-order valence-corrected chi connectivity index (χ3v) is 3.87. The van der Waals surface area contributed by atoms with E-state index >= 15 is 0 Å². The molecule has 1 aliphatic carbocycles. The number of carbonyl (C=O) groups excluding carboxylic acids is 1. The third-order valence-electron chi connectivity index (χ3n) is 3.87. The van der Waals surface area contributed by atoms with Crippen LogP contribution < -0.4 is 5.73 Å². The first-order chi connectivity index (χ1) is 9.65. The van der Waals surface area contributed by atoms with Crippen molar-refractivity contribution < 1.29 is 9.18 Å². The van der Waals surface area contributed by atoms with Crippen molar-refractivity contribution in [2.24, 2.45) is 0 Å². The van der Waals surface area contributed by atoms with E-state index in [0.717, 1.165) is 19.3 Å². The minimum Gasteiger partial charge on any atom is -0.398 e. The molecule has 2 aromatic rings. The molecule has 2 N–H and O–H groups in total. The monoisotopic (exact) mass is 269 g/mol. The Morgan fingerprint density at radius 1 is 1.00 bits per heavy atom. The van der Waals surface area contributed by atoms with Crippen molar-refractivity contribution in [1.29, 1.82) is 0 Å². The highest BCUT2D eigenvalue weighted by molar-refractivity contribution is 6.12. The molecule has 0 aliphatic heterocycles. The van der Waals surface area contributed by atoms with Gasteiger partial charge in [-0.1, -0.05) is 12.1 Å². The van der Waals surface area contributed by atoms with Gasteiger partial charge in [0.05, 0.1) is 0 Å². The topological polar surface area (TPSA) is 43.1 Å². The molecule has 1 aliphatic rings. The third kappa shape index (κ3) is 2.31. The lowest BCUT2D eigenvalue weighted by molar-refractivity contribution is 0.103. The summed E-state index contributed by atoms with van der Waals surface area (Å²) in [7, 11) is 0. The van der Waals surface area contributed by atoms with Gasteiger partial charge in [-0.05, 0) is 61.1 Å². The Balaban J connectivity index is 2.00. The molecular formula is C17H16FNO. The molecule has 0 fully saturated rings. The number of fused-ring (bicyclic) bond motifs is 1. The number of ketones is 1. The average Bonchev–Trinajstić information content (AvgIpc) is 2.48. The number of halogens is 1. The van der Waals surface area contributed by atoms with Crippen LogP contribution in [0.15, 0.2) is 36.4 Å². The van der Waals surface area contributed by atoms with Crippen molar-refractivity contribution >= 4 is 11.5 Å². The van der Waals surface area contributed by atoms with E-state index in [1.165, 1.54) is 35.7 Å². The molecule has 20 heavy (non-hydrogen) atoms. The Kier molecular flexibility index (Phi) is 3.26. The van der Waals surface area contributed by atoms with Crippen LogP contribution in [0.1, 0.15) is 39.9 Å². The molecule has 0 unspecified atom stereocenters. The van der Waals surface area contributed by atoms with Gasteiger partial charge in [0.25, 0.3) is 0 Å². The van der Waals surface area contributed by atoms with Crippen LogP contribution in [0.2, 0.25) is 0 Å². The maximum Gasteiger partial charge on any atom is 0.195 e. The Hall–Kier alpha value is -2.16. The molecule has 0 saturated carbocycles. The van der Waals surface area contributed by atoms with Gasteiger partial charge < -0.3 is 5.73 Å². The number of aryl methyl sites for hydroxylation is 2. The van der Waals surface area contributed by atoms with Crippen molar-refractivity contribution in [3.8, 4) is 0 Å². The van der Waals surface area contributed by atoms with Crippen LogP contribution in [-0.2, 0) is 12.8 Å². The molecule has 3 heteroatoms. The second-order valence-electron chi connectivity index (χ2n) is 5.25. The molecule has 0 amide bonds. The average molecular weight is 269 g/mol. The lowest BCUT2D eigenvalue weighted by Gasteiger charge is -2.16. The van der Waals surface area contributed by atoms with Crippen LogP contribution in [-0.4, -0.2) is 5.78 Å². The molecule has 0 radical (unpaired) electrons. The fraction of sp³-hybridized carbons (Fsp3) is 0.235. The maximum atomic E-state index is 13.3. The Bertz CT molecular complexity index is 679. The molecule has 0 spiro atoms. The summed E-state index contributed by atoms with van der Waals surface area (Å²) < 4.78 is 13.3. The predicted molar refractivity (Wildman–Crippen MR) is 77.3 cm³/mol. The zero-order valence-electron chi connectivity index (χ0n) is 11.2. The second kappa shape index (κ2) is 5.08. The Labute approximate surface area is 117 Å². The van der Waals surface area contributed by atoms with Gasteiger partial charge in [0.15, 0.2) is 5.78 Å². The zero-order valence-corrected chi connectivity index (χ0v) is 11.2. The quantitative estimate of drug-likeness (QED) is 0.669. The number of hydrogen-bond donors (Lipinski definition) is 1. The van der Waals surface area contributed by atoms with Crippen LogP contribution in [0.4, 0.5) is 10.1 Å². The smallest absolute Gasteiger partial charge is 0.195 e. The lowest BCUT2D eigenvalue weighted by atomic mass is 9.89. The van der Waals surface area contributed by atoms with E-state index in [-0.39, 0.29) is 11.3 Å². The molecule has 0 aromatic heterocycles. The SMILES string of the molecule is Nc1ccc(F)cc1C(=O)c1ccc2c(c1)CCCC2. The summed E-state index contributed by atoms with van der Waals surface area (Å²) in [5.41, 5.74) is 9.47. The van der Waals surface area contributed by atoms with Gasteiger partial charge in [-0.2, -0.15) is 0 Å². The van der Waals surface area contributed by atoms with Crippen LogP contribution >= 0.6 is 0 Å². The van der Waals surface area contributed by atoms with E-state index in [1.807, 2.05) is 18.2 Å². The van der Waals surface area contributed by atoms with E-state index in [2.05, 4.69) is 0 Å². The fourth-order valence-electron chi connectivity index (χ4n) is 2.76. The zero-order chi connectivity index (χ0) is 14.1. The van der Waals surface area contributed by atoms with Gasteiger partial charge in [0.1, 0.15) is 5.82 Å². The molecule has 2 aromatic carbocycles. The Morgan fingerprint density at radius 2 is 1.75 bits per heavy atom. The van der Waals surface area contributed by atoms with Crippen LogP contribution in [0.25, 0.3) is 0 Å². The number of benzene rings is 2. The molecule has 102 valence electrons. The number of nitrogen functional groups attached to an aromatic ring is 1. The van der Waals surface area contributed by atoms with Gasteiger partial charge in [-0.25, -0.2) is 4.39 Å². The summed E-state index contributed by atoms with van der Waals surface area (Å²) in [6, 6.07) is 9.66. The summed E-state index contributed by atoms with van der Waals surface area (Å²) >= 11 is 0. The van der Waals surface area contributed by atoms with Crippen LogP contribution in [0, 0.1) is 5.82 Å². The molecule has 0 heterocycles. The van der Waals surface area contributed by atoms with Crippen molar-refractivity contribution in [2.45, 2.75) is 25.7 Å². The summed E-state index contributed by atoms with van der Waals surface area (Å²) in [6.07, 6.45) is 4.45. The van der Waals surface area contributed by atoms with Crippen molar-refractivity contribution in [3.63, 3.8) is 0 Å². The summed E-state index contributed by atoms with van der Waals surface area (Å²) in [4.78, 5) is 12.5. The standard InChI is InChI=1S/C17H16FNO/c18-14-7-8-16(19)15(10-14)17(20)13-6-5-11-3-1-2-4-12(11)9-13/h5-10H,1-4,19H2. The lowest BCUT2D eigenvalue weighted by Crippen LogP contribution is -2.09. The molecule has 0 bridgehead atoms. The fourth-order valence-corrected chi connectivity index (χ4v) is 2.76. The van der Waals surface area contributed by atoms with Crippen molar-refractivity contribution in [1.82, 2.24) is 0 Å². The summed E-state index contributed by atoms with van der Waals surface area (Å²) in [6.45, 7) is 0. The number of hydrogen-bond acceptors (Lipinski definition) is 2. The van der Waals surface area contributed by atoms with E-state index in [1.54, 1.807) is 0 Å². The highest BCUT2D eigenvalue weighted by Crippen LogP contribution is 2.24. The summed E-state index contributed by atoms with van der Waals surface area (Å²) in [5.74, 6) is -0.657. The number of carbonyl (C=O) groups is 1. The first kappa shape index (κ1) is 12.9. The molecule has 0 atom stereocenters. The van der Waals surface area contributed by atoms with E-state index < -0.39 is 5.82 Å². The van der Waals surface area contributed by atoms with Gasteiger partial charge in [-0.3, -0.25) is 4.79 Å². The number of anilines is 1. The minimum absolute atomic E-state index is 0.213. The van der Waals surface area contributed by atoms with Gasteiger partial charge in [-0.15, -0.1) is 0 Å². The molecule has 2 nitrogen and oxygen atoms in total. The Morgan fingerprint density at radius 3 is 2.55 bits per heavy atom. The van der Waals surface area contributed by atoms with Crippen molar-refractivity contribution in [3.05, 3.63) is 64.5 Å². The second-order valence-corrected chi connectivity index (χ2v) is 5.25. The van der Waals surface area contributed by atoms with Gasteiger partial charge >= 0.3 is 0 Å². The van der Waals surface area contributed by atoms with Gasteiger partial charge in [0, 0.05) is 16.8 Å². The van der Waals surface area contributed by atoms with E-state index in [0.29, 0.717) is 11.3 Å². The van der Waals surface area contributed by atoms with Crippen LogP contribution in [0.3, 0.4) is 0 Å². The summed E-state index contributed by atoms with van der Waals surface area (Å²) in [5, 5.41) is 0. The largest absolute Gasteiger partial charge is 0.398 e. The molecule has 0 saturated heterocycles. The molecular weight excluding hydrogens is 253 g/mol. The predicted octanol–water partition coefficient (Wildman–Crippen LogP) is 3.52. The normalized spacial score (nSPS) is 13.8. The molecule has 3 rings (SSSR count). The van der Waals surface area contributed by atoms with Crippen molar-refractivity contribution in [2.75, 3.05) is 5.73 Å². The van der Waals surface area contributed by atoms with E-state index in [9.17, 15) is 9.18 Å². The van der Waals surface area contributed by atoms with E-state index in [4.69, 9.17) is 5.73 Å². The van der Waals surface area contributed by atoms with Crippen LogP contribution in [0.5, 0.6) is 0 Å². The maximum absolute atomic E-state index is 13.3. The van der Waals surface area contributed by atoms with Gasteiger partial charge in [0.2, 0.25) is 0 Å². The minimum atomic E-state index is -0.444. The first-order valence-corrected chi connectivity index (χ1v) is 6.86. The highest BCUT2D eigenvalue weighted by Gasteiger charge is 2.16. The number of rotatable bonds is 2. The number of nitrogens with two attached hydrogens (primary N) is 1.